The molecule has 1 fully saturated rings. The maximum Gasteiger partial charge on any atom is 0.0635 e. The molecule has 0 saturated heterocycles. The Balaban J connectivity index is 2.20. The van der Waals surface area contributed by atoms with E-state index < -0.39 is 0 Å². The molecular weight excluding hydrogens is 288 g/mol. The molecule has 0 aliphatic heterocycles. The molecule has 2 nitrogen and oxygen atoms in total. The molecule has 1 aromatic rings. The van der Waals surface area contributed by atoms with Crippen molar-refractivity contribution in [1.82, 2.24) is 9.78 Å². The van der Waals surface area contributed by atoms with E-state index in [4.69, 9.17) is 11.6 Å². The lowest BCUT2D eigenvalue weighted by atomic mass is 9.86. The fourth-order valence-corrected chi connectivity index (χ4v) is 3.54. The van der Waals surface area contributed by atoms with E-state index >= 15 is 0 Å². The number of nitrogens with zero attached hydrogens (tertiary/aromatic N) is 2. The third kappa shape index (κ3) is 2.62. The van der Waals surface area contributed by atoms with E-state index in [1.807, 2.05) is 6.20 Å². The Labute approximate surface area is 110 Å². The molecule has 1 saturated carbocycles. The molecule has 2 rings (SSSR count). The molecule has 0 radical (unpaired) electrons. The van der Waals surface area contributed by atoms with Gasteiger partial charge in [0.15, 0.2) is 0 Å². The Hall–Kier alpha value is -0.0200. The third-order valence-corrected chi connectivity index (χ3v) is 4.27. The molecule has 16 heavy (non-hydrogen) atoms. The first kappa shape index (κ1) is 12.4. The predicted octanol–water partition coefficient (Wildman–Crippen LogP) is 4.32. The Kier molecular flexibility index (Phi) is 4.31. The van der Waals surface area contributed by atoms with Gasteiger partial charge in [0.25, 0.3) is 0 Å². The van der Waals surface area contributed by atoms with E-state index in [0.717, 1.165) is 30.3 Å². The van der Waals surface area contributed by atoms with Crippen LogP contribution in [0.5, 0.6) is 0 Å². The van der Waals surface area contributed by atoms with Crippen LogP contribution in [0.15, 0.2) is 10.7 Å². The summed E-state index contributed by atoms with van der Waals surface area (Å²) in [6.07, 6.45) is 7.79. The van der Waals surface area contributed by atoms with Crippen molar-refractivity contribution in [2.45, 2.75) is 56.9 Å². The maximum absolute atomic E-state index is 6.27. The summed E-state index contributed by atoms with van der Waals surface area (Å²) in [6.45, 7) is 3.19. The number of aryl methyl sites for hydroxylation is 1. The van der Waals surface area contributed by atoms with Crippen LogP contribution in [0.4, 0.5) is 0 Å². The Bertz CT molecular complexity index is 351. The topological polar surface area (TPSA) is 17.8 Å². The quantitative estimate of drug-likeness (QED) is 0.760. The Morgan fingerprint density at radius 1 is 1.56 bits per heavy atom. The lowest BCUT2D eigenvalue weighted by molar-refractivity contribution is 0.417. The van der Waals surface area contributed by atoms with Crippen molar-refractivity contribution >= 4 is 27.5 Å². The highest BCUT2D eigenvalue weighted by Crippen LogP contribution is 2.38. The summed E-state index contributed by atoms with van der Waals surface area (Å²) in [6, 6.07) is 0. The van der Waals surface area contributed by atoms with Gasteiger partial charge in [-0.15, -0.1) is 11.6 Å². The van der Waals surface area contributed by atoms with Gasteiger partial charge in [-0.1, -0.05) is 13.3 Å². The molecule has 0 bridgehead atoms. The van der Waals surface area contributed by atoms with E-state index in [2.05, 4.69) is 32.6 Å². The Morgan fingerprint density at radius 3 is 3.06 bits per heavy atom. The van der Waals surface area contributed by atoms with Crippen LogP contribution in [0, 0.1) is 0 Å². The minimum Gasteiger partial charge on any atom is -0.268 e. The second-order valence-corrected chi connectivity index (χ2v) is 6.03. The summed E-state index contributed by atoms with van der Waals surface area (Å²) >= 11 is 9.88. The van der Waals surface area contributed by atoms with Crippen LogP contribution < -0.4 is 0 Å². The second kappa shape index (κ2) is 5.54. The summed E-state index contributed by atoms with van der Waals surface area (Å²) in [5, 5.41) is 4.78. The van der Waals surface area contributed by atoms with Gasteiger partial charge < -0.3 is 0 Å². The number of rotatable bonds is 3. The van der Waals surface area contributed by atoms with Gasteiger partial charge in [-0.3, -0.25) is 4.68 Å². The van der Waals surface area contributed by atoms with Gasteiger partial charge in [-0.25, -0.2) is 0 Å². The summed E-state index contributed by atoms with van der Waals surface area (Å²) in [4.78, 5) is 0. The van der Waals surface area contributed by atoms with E-state index in [1.165, 1.54) is 18.5 Å². The summed E-state index contributed by atoms with van der Waals surface area (Å²) in [7, 11) is 0. The molecule has 1 aliphatic carbocycles. The number of hydrogen-bond donors (Lipinski definition) is 0. The monoisotopic (exact) mass is 304 g/mol. The molecule has 0 N–H and O–H groups in total. The van der Waals surface area contributed by atoms with Gasteiger partial charge in [0.1, 0.15) is 0 Å². The number of halogens is 2. The van der Waals surface area contributed by atoms with Crippen LogP contribution in [0.3, 0.4) is 0 Å². The van der Waals surface area contributed by atoms with Crippen LogP contribution >= 0.6 is 27.5 Å². The SMILES string of the molecule is CCCn1ncc(Br)c1C1CCCC(Cl)C1. The van der Waals surface area contributed by atoms with Crippen LogP contribution in [-0.4, -0.2) is 15.2 Å². The largest absolute Gasteiger partial charge is 0.268 e. The third-order valence-electron chi connectivity index (χ3n) is 3.27. The minimum atomic E-state index is 0.343. The molecule has 1 aromatic heterocycles. The highest BCUT2D eigenvalue weighted by molar-refractivity contribution is 9.10. The van der Waals surface area contributed by atoms with Crippen LogP contribution in [0.2, 0.25) is 0 Å². The molecule has 0 aromatic carbocycles. The highest BCUT2D eigenvalue weighted by Gasteiger charge is 2.26. The zero-order valence-corrected chi connectivity index (χ0v) is 12.0. The van der Waals surface area contributed by atoms with Crippen LogP contribution in [0.1, 0.15) is 50.6 Å². The van der Waals surface area contributed by atoms with Crippen molar-refractivity contribution in [1.29, 1.82) is 0 Å². The van der Waals surface area contributed by atoms with Crippen molar-refractivity contribution in [3.8, 4) is 0 Å². The summed E-state index contributed by atoms with van der Waals surface area (Å²) in [5.74, 6) is 0.583. The molecule has 1 aliphatic rings. The Morgan fingerprint density at radius 2 is 2.38 bits per heavy atom. The highest BCUT2D eigenvalue weighted by atomic mass is 79.9. The first-order chi connectivity index (χ1) is 7.72. The molecule has 2 atom stereocenters. The second-order valence-electron chi connectivity index (χ2n) is 4.56. The number of aromatic nitrogens is 2. The van der Waals surface area contributed by atoms with Crippen LogP contribution in [-0.2, 0) is 6.54 Å². The van der Waals surface area contributed by atoms with Crippen LogP contribution in [0.25, 0.3) is 0 Å². The van der Waals surface area contributed by atoms with Gasteiger partial charge in [0.05, 0.1) is 16.4 Å². The van der Waals surface area contributed by atoms with Gasteiger partial charge in [-0.2, -0.15) is 5.10 Å². The zero-order valence-electron chi connectivity index (χ0n) is 9.63. The van der Waals surface area contributed by atoms with Crippen molar-refractivity contribution in [2.75, 3.05) is 0 Å². The molecule has 90 valence electrons. The zero-order chi connectivity index (χ0) is 11.5. The van der Waals surface area contributed by atoms with E-state index in [1.54, 1.807) is 0 Å². The fraction of sp³-hybridized carbons (Fsp3) is 0.750. The average molecular weight is 306 g/mol. The van der Waals surface area contributed by atoms with E-state index in [0.29, 0.717) is 11.3 Å². The van der Waals surface area contributed by atoms with Crippen molar-refractivity contribution in [3.63, 3.8) is 0 Å². The molecule has 2 unspecified atom stereocenters. The molecule has 0 spiro atoms. The lowest BCUT2D eigenvalue weighted by Gasteiger charge is -2.26. The molecule has 0 amide bonds. The summed E-state index contributed by atoms with van der Waals surface area (Å²) < 4.78 is 3.29. The number of hydrogen-bond acceptors (Lipinski definition) is 1. The van der Waals surface area contributed by atoms with E-state index in [9.17, 15) is 0 Å². The first-order valence-electron chi connectivity index (χ1n) is 6.07. The average Bonchev–Trinajstić information content (AvgIpc) is 2.60. The number of alkyl halides is 1. The van der Waals surface area contributed by atoms with E-state index in [-0.39, 0.29) is 0 Å². The smallest absolute Gasteiger partial charge is 0.0635 e. The van der Waals surface area contributed by atoms with Gasteiger partial charge in [0, 0.05) is 17.8 Å². The standard InChI is InChI=1S/C12H18BrClN2/c1-2-6-16-12(11(13)8-15-16)9-4-3-5-10(14)7-9/h8-10H,2-7H2,1H3. The van der Waals surface area contributed by atoms with Gasteiger partial charge in [-0.05, 0) is 41.6 Å². The lowest BCUT2D eigenvalue weighted by Crippen LogP contribution is -2.18. The summed E-state index contributed by atoms with van der Waals surface area (Å²) in [5.41, 5.74) is 1.35. The fourth-order valence-electron chi connectivity index (χ4n) is 2.55. The van der Waals surface area contributed by atoms with Gasteiger partial charge >= 0.3 is 0 Å². The molecule has 4 heteroatoms. The molecule has 1 heterocycles. The molecular formula is C12H18BrClN2. The predicted molar refractivity (Wildman–Crippen MR) is 71.1 cm³/mol. The normalized spacial score (nSPS) is 25.9. The van der Waals surface area contributed by atoms with Crippen molar-refractivity contribution < 1.29 is 0 Å². The van der Waals surface area contributed by atoms with Crippen molar-refractivity contribution in [2.24, 2.45) is 0 Å². The van der Waals surface area contributed by atoms with Crippen molar-refractivity contribution in [3.05, 3.63) is 16.4 Å². The first-order valence-corrected chi connectivity index (χ1v) is 7.30. The minimum absolute atomic E-state index is 0.343. The maximum atomic E-state index is 6.27. The van der Waals surface area contributed by atoms with Gasteiger partial charge in [0.2, 0.25) is 0 Å².